The summed E-state index contributed by atoms with van der Waals surface area (Å²) in [5.74, 6) is 0. The van der Waals surface area contributed by atoms with Gasteiger partial charge in [-0.05, 0) is 26.2 Å². The van der Waals surface area contributed by atoms with Crippen LogP contribution in [-0.2, 0) is 9.47 Å². The lowest BCUT2D eigenvalue weighted by Gasteiger charge is -2.31. The zero-order chi connectivity index (χ0) is 13.0. The molecule has 0 aromatic heterocycles. The minimum absolute atomic E-state index is 0.0626. The molecule has 1 atom stereocenters. The third-order valence-electron chi connectivity index (χ3n) is 2.07. The van der Waals surface area contributed by atoms with E-state index < -0.39 is 11.7 Å². The molecule has 0 aromatic carbocycles. The Labute approximate surface area is 98.7 Å². The molecule has 0 radical (unpaired) electrons. The second kappa shape index (κ2) is 5.53. The van der Waals surface area contributed by atoms with Crippen molar-refractivity contribution in [1.82, 2.24) is 5.32 Å². The zero-order valence-corrected chi connectivity index (χ0v) is 11.5. The van der Waals surface area contributed by atoms with Gasteiger partial charge in [-0.1, -0.05) is 20.8 Å². The number of ether oxygens (including phenoxy) is 2. The van der Waals surface area contributed by atoms with Crippen LogP contribution in [0.5, 0.6) is 0 Å². The number of rotatable bonds is 3. The summed E-state index contributed by atoms with van der Waals surface area (Å²) < 4.78 is 10.3. The van der Waals surface area contributed by atoms with E-state index in [0.717, 1.165) is 0 Å². The number of hydrogen-bond donors (Lipinski definition) is 1. The van der Waals surface area contributed by atoms with Gasteiger partial charge >= 0.3 is 6.09 Å². The maximum atomic E-state index is 11.6. The van der Waals surface area contributed by atoms with Gasteiger partial charge in [0.2, 0.25) is 0 Å². The fourth-order valence-electron chi connectivity index (χ4n) is 1.12. The Morgan fingerprint density at radius 3 is 2.00 bits per heavy atom. The quantitative estimate of drug-likeness (QED) is 0.812. The van der Waals surface area contributed by atoms with E-state index in [1.54, 1.807) is 7.11 Å². The van der Waals surface area contributed by atoms with Crippen LogP contribution in [0.2, 0.25) is 0 Å². The number of nitrogens with one attached hydrogen (secondary N) is 1. The maximum absolute atomic E-state index is 11.6. The van der Waals surface area contributed by atoms with E-state index in [4.69, 9.17) is 9.47 Å². The number of methoxy groups -OCH3 is 1. The van der Waals surface area contributed by atoms with Crippen LogP contribution in [0.1, 0.15) is 41.5 Å². The van der Waals surface area contributed by atoms with Crippen LogP contribution < -0.4 is 5.32 Å². The van der Waals surface area contributed by atoms with Crippen LogP contribution in [0.15, 0.2) is 0 Å². The van der Waals surface area contributed by atoms with E-state index in [-0.39, 0.29) is 11.5 Å². The van der Waals surface area contributed by atoms with E-state index in [0.29, 0.717) is 6.61 Å². The largest absolute Gasteiger partial charge is 0.444 e. The molecule has 0 spiro atoms. The summed E-state index contributed by atoms with van der Waals surface area (Å²) in [6.07, 6.45) is -0.399. The Kier molecular flexibility index (Phi) is 5.26. The molecule has 4 heteroatoms. The Morgan fingerprint density at radius 1 is 1.19 bits per heavy atom. The molecule has 0 aliphatic heterocycles. The van der Waals surface area contributed by atoms with Crippen molar-refractivity contribution in [2.75, 3.05) is 13.7 Å². The van der Waals surface area contributed by atoms with E-state index in [1.807, 2.05) is 41.5 Å². The average molecular weight is 231 g/mol. The van der Waals surface area contributed by atoms with Gasteiger partial charge in [-0.2, -0.15) is 0 Å². The van der Waals surface area contributed by atoms with E-state index in [9.17, 15) is 4.79 Å². The van der Waals surface area contributed by atoms with Crippen molar-refractivity contribution in [3.8, 4) is 0 Å². The molecule has 96 valence electrons. The van der Waals surface area contributed by atoms with Crippen LogP contribution in [0, 0.1) is 5.41 Å². The molecule has 0 aliphatic rings. The van der Waals surface area contributed by atoms with Crippen molar-refractivity contribution < 1.29 is 14.3 Å². The van der Waals surface area contributed by atoms with Gasteiger partial charge in [0, 0.05) is 7.11 Å². The number of carbonyl (C=O) groups excluding carboxylic acids is 1. The molecule has 0 rings (SSSR count). The van der Waals surface area contributed by atoms with Crippen molar-refractivity contribution in [2.24, 2.45) is 5.41 Å². The normalized spacial score (nSPS) is 14.4. The van der Waals surface area contributed by atoms with Crippen molar-refractivity contribution in [3.63, 3.8) is 0 Å². The highest BCUT2D eigenvalue weighted by Crippen LogP contribution is 2.20. The van der Waals surface area contributed by atoms with E-state index in [1.165, 1.54) is 0 Å². The lowest BCUT2D eigenvalue weighted by atomic mass is 9.87. The molecule has 1 amide bonds. The van der Waals surface area contributed by atoms with Crippen LogP contribution >= 0.6 is 0 Å². The summed E-state index contributed by atoms with van der Waals surface area (Å²) in [4.78, 5) is 11.6. The summed E-state index contributed by atoms with van der Waals surface area (Å²) >= 11 is 0. The zero-order valence-electron chi connectivity index (χ0n) is 11.5. The van der Waals surface area contributed by atoms with Gasteiger partial charge in [0.25, 0.3) is 0 Å². The smallest absolute Gasteiger partial charge is 0.407 e. The van der Waals surface area contributed by atoms with Crippen LogP contribution in [0.25, 0.3) is 0 Å². The van der Waals surface area contributed by atoms with Gasteiger partial charge in [-0.15, -0.1) is 0 Å². The van der Waals surface area contributed by atoms with Crippen molar-refractivity contribution in [2.45, 2.75) is 53.2 Å². The van der Waals surface area contributed by atoms with Crippen LogP contribution in [0.3, 0.4) is 0 Å². The highest BCUT2D eigenvalue weighted by Gasteiger charge is 2.28. The SMILES string of the molecule is COC[C@H](NC(=O)OC(C)(C)C)C(C)(C)C. The number of carbonyl (C=O) groups is 1. The fourth-order valence-corrected chi connectivity index (χ4v) is 1.12. The molecule has 0 fully saturated rings. The Hall–Kier alpha value is -0.770. The molecule has 0 unspecified atom stereocenters. The molecule has 4 nitrogen and oxygen atoms in total. The first-order valence-corrected chi connectivity index (χ1v) is 5.54. The first kappa shape index (κ1) is 15.2. The molecule has 0 saturated heterocycles. The second-order valence-corrected chi connectivity index (χ2v) is 6.02. The first-order valence-electron chi connectivity index (χ1n) is 5.54. The summed E-state index contributed by atoms with van der Waals surface area (Å²) in [7, 11) is 1.62. The number of alkyl carbamates (subject to hydrolysis) is 1. The molecule has 1 N–H and O–H groups in total. The standard InChI is InChI=1S/C12H25NO3/c1-11(2,3)9(8-15-7)13-10(14)16-12(4,5)6/h9H,8H2,1-7H3,(H,13,14)/t9-/m0/s1. The lowest BCUT2D eigenvalue weighted by Crippen LogP contribution is -2.48. The predicted octanol–water partition coefficient (Wildman–Crippen LogP) is 2.57. The summed E-state index contributed by atoms with van der Waals surface area (Å²) in [6, 6.07) is -0.0626. The molecule has 0 saturated carbocycles. The summed E-state index contributed by atoms with van der Waals surface area (Å²) in [6.45, 7) is 12.2. The molecule has 0 heterocycles. The summed E-state index contributed by atoms with van der Waals surface area (Å²) in [5, 5.41) is 2.83. The second-order valence-electron chi connectivity index (χ2n) is 6.02. The monoisotopic (exact) mass is 231 g/mol. The molecule has 16 heavy (non-hydrogen) atoms. The number of hydrogen-bond acceptors (Lipinski definition) is 3. The minimum atomic E-state index is -0.473. The minimum Gasteiger partial charge on any atom is -0.444 e. The molecule has 0 aliphatic carbocycles. The molecular weight excluding hydrogens is 206 g/mol. The third-order valence-corrected chi connectivity index (χ3v) is 2.07. The highest BCUT2D eigenvalue weighted by atomic mass is 16.6. The van der Waals surface area contributed by atoms with Gasteiger partial charge < -0.3 is 14.8 Å². The third kappa shape index (κ3) is 6.67. The van der Waals surface area contributed by atoms with Gasteiger partial charge in [0.1, 0.15) is 5.60 Å². The highest BCUT2D eigenvalue weighted by molar-refractivity contribution is 5.68. The van der Waals surface area contributed by atoms with Gasteiger partial charge in [-0.25, -0.2) is 4.79 Å². The van der Waals surface area contributed by atoms with Crippen LogP contribution in [-0.4, -0.2) is 31.5 Å². The predicted molar refractivity (Wildman–Crippen MR) is 64.5 cm³/mol. The molecule has 0 bridgehead atoms. The van der Waals surface area contributed by atoms with Gasteiger partial charge in [-0.3, -0.25) is 0 Å². The van der Waals surface area contributed by atoms with Crippen molar-refractivity contribution in [1.29, 1.82) is 0 Å². The van der Waals surface area contributed by atoms with Gasteiger partial charge in [0.05, 0.1) is 12.6 Å². The Bertz CT molecular complexity index is 225. The lowest BCUT2D eigenvalue weighted by molar-refractivity contribution is 0.0388. The molecular formula is C12H25NO3. The van der Waals surface area contributed by atoms with Crippen molar-refractivity contribution >= 4 is 6.09 Å². The topological polar surface area (TPSA) is 47.6 Å². The van der Waals surface area contributed by atoms with Gasteiger partial charge in [0.15, 0.2) is 0 Å². The van der Waals surface area contributed by atoms with Crippen molar-refractivity contribution in [3.05, 3.63) is 0 Å². The maximum Gasteiger partial charge on any atom is 0.407 e. The Balaban J connectivity index is 4.36. The Morgan fingerprint density at radius 2 is 1.69 bits per heavy atom. The van der Waals surface area contributed by atoms with Crippen LogP contribution in [0.4, 0.5) is 4.79 Å². The number of amides is 1. The first-order chi connectivity index (χ1) is 7.06. The summed E-state index contributed by atoms with van der Waals surface area (Å²) in [5.41, 5.74) is -0.535. The van der Waals surface area contributed by atoms with E-state index >= 15 is 0 Å². The fraction of sp³-hybridized carbons (Fsp3) is 0.917. The van der Waals surface area contributed by atoms with E-state index in [2.05, 4.69) is 5.32 Å². The molecule has 0 aromatic rings. The average Bonchev–Trinajstić information content (AvgIpc) is 1.97.